The predicted molar refractivity (Wildman–Crippen MR) is 96.4 cm³/mol. The van der Waals surface area contributed by atoms with E-state index in [1.54, 1.807) is 5.32 Å². The van der Waals surface area contributed by atoms with E-state index in [9.17, 15) is 23.6 Å². The Bertz CT molecular complexity index is 922. The van der Waals surface area contributed by atoms with Gasteiger partial charge in [0.1, 0.15) is 23.7 Å². The third-order valence-corrected chi connectivity index (χ3v) is 6.17. The molecule has 9 nitrogen and oxygen atoms in total. The Kier molecular flexibility index (Phi) is 4.62. The number of hydrogen-bond donors (Lipinski definition) is 3. The molecule has 29 heavy (non-hydrogen) atoms. The zero-order valence-corrected chi connectivity index (χ0v) is 15.8. The van der Waals surface area contributed by atoms with Crippen LogP contribution in [0.5, 0.6) is 0 Å². The zero-order valence-electron chi connectivity index (χ0n) is 15.8. The summed E-state index contributed by atoms with van der Waals surface area (Å²) in [4.78, 5) is 51.9. The number of primary amides is 1. The number of rotatable bonds is 6. The third kappa shape index (κ3) is 2.74. The number of quaternary nitrogens is 1. The van der Waals surface area contributed by atoms with E-state index in [0.717, 1.165) is 4.90 Å². The predicted octanol–water partition coefficient (Wildman–Crippen LogP) is -1.57. The van der Waals surface area contributed by atoms with Gasteiger partial charge in [-0.2, -0.15) is 0 Å². The SMILES string of the molecule is COCCN1C(=O)[C@@H]2[C@H](CCC(N)=O)[NH2+][C@]3(C(=O)Nc4ccc(F)cc43)[C@@H]2C1=O. The van der Waals surface area contributed by atoms with Crippen LogP contribution in [0.15, 0.2) is 18.2 Å². The van der Waals surface area contributed by atoms with Gasteiger partial charge in [-0.05, 0) is 18.2 Å². The van der Waals surface area contributed by atoms with Gasteiger partial charge in [0.15, 0.2) is 0 Å². The first-order valence-electron chi connectivity index (χ1n) is 9.41. The van der Waals surface area contributed by atoms with Crippen LogP contribution in [0, 0.1) is 17.7 Å². The molecule has 3 heterocycles. The van der Waals surface area contributed by atoms with E-state index in [0.29, 0.717) is 11.3 Å². The summed E-state index contributed by atoms with van der Waals surface area (Å²) in [6.07, 6.45) is 0.241. The Labute approximate surface area is 165 Å². The van der Waals surface area contributed by atoms with Crippen molar-refractivity contribution < 1.29 is 33.6 Å². The molecule has 3 aliphatic rings. The van der Waals surface area contributed by atoms with Crippen molar-refractivity contribution in [1.82, 2.24) is 4.90 Å². The molecule has 2 saturated heterocycles. The number of carbonyl (C=O) groups is 4. The number of nitrogens with two attached hydrogens (primary N) is 2. The smallest absolute Gasteiger partial charge is 0.291 e. The largest absolute Gasteiger partial charge is 0.383 e. The summed E-state index contributed by atoms with van der Waals surface area (Å²) >= 11 is 0. The van der Waals surface area contributed by atoms with Gasteiger partial charge in [-0.25, -0.2) is 4.39 Å². The van der Waals surface area contributed by atoms with Gasteiger partial charge >= 0.3 is 0 Å². The van der Waals surface area contributed by atoms with Crippen molar-refractivity contribution in [2.75, 3.05) is 25.6 Å². The summed E-state index contributed by atoms with van der Waals surface area (Å²) in [6, 6.07) is 3.38. The molecule has 154 valence electrons. The summed E-state index contributed by atoms with van der Waals surface area (Å²) < 4.78 is 19.0. The number of halogens is 1. The standard InChI is InChI=1S/C19H21FN4O5/c1-29-7-6-24-16(26)14-12(4-5-13(21)25)23-19(15(14)17(24)27)10-8-9(20)2-3-11(10)22-18(19)28/h2-3,8,12,14-15,23H,4-7H2,1H3,(H2,21,25)(H,22,28)/p+1/t12-,14+,15-,19-/m0/s1. The van der Waals surface area contributed by atoms with Crippen molar-refractivity contribution in [2.24, 2.45) is 17.6 Å². The number of hydrogen-bond acceptors (Lipinski definition) is 5. The number of carbonyl (C=O) groups excluding carboxylic acids is 4. The quantitative estimate of drug-likeness (QED) is 0.492. The first-order valence-corrected chi connectivity index (χ1v) is 9.41. The molecule has 0 unspecified atom stereocenters. The van der Waals surface area contributed by atoms with Crippen molar-refractivity contribution in [3.63, 3.8) is 0 Å². The van der Waals surface area contributed by atoms with Crippen LogP contribution in [0.25, 0.3) is 0 Å². The van der Waals surface area contributed by atoms with Crippen LogP contribution in [-0.4, -0.2) is 54.8 Å². The van der Waals surface area contributed by atoms with Gasteiger partial charge in [0.2, 0.25) is 23.3 Å². The summed E-state index contributed by atoms with van der Waals surface area (Å²) in [6.45, 7) is 0.231. The normalized spacial score (nSPS) is 30.1. The molecule has 0 radical (unpaired) electrons. The zero-order chi connectivity index (χ0) is 20.9. The molecule has 4 rings (SSSR count). The molecule has 0 aliphatic carbocycles. The number of ether oxygens (including phenoxy) is 1. The fraction of sp³-hybridized carbons (Fsp3) is 0.474. The van der Waals surface area contributed by atoms with Crippen LogP contribution < -0.4 is 16.4 Å². The van der Waals surface area contributed by atoms with Crippen molar-refractivity contribution in [3.8, 4) is 0 Å². The van der Waals surface area contributed by atoms with Crippen LogP contribution in [0.3, 0.4) is 0 Å². The lowest BCUT2D eigenvalue weighted by atomic mass is 9.76. The van der Waals surface area contributed by atoms with Gasteiger partial charge < -0.3 is 21.1 Å². The fourth-order valence-electron chi connectivity index (χ4n) is 4.97. The summed E-state index contributed by atoms with van der Waals surface area (Å²) in [5, 5.41) is 4.36. The van der Waals surface area contributed by atoms with Crippen molar-refractivity contribution in [2.45, 2.75) is 24.4 Å². The molecule has 10 heteroatoms. The molecule has 0 saturated carbocycles. The molecule has 2 fully saturated rings. The molecule has 0 bridgehead atoms. The highest BCUT2D eigenvalue weighted by molar-refractivity contribution is 6.13. The van der Waals surface area contributed by atoms with Gasteiger partial charge in [-0.1, -0.05) is 0 Å². The maximum Gasteiger partial charge on any atom is 0.291 e. The van der Waals surface area contributed by atoms with Crippen molar-refractivity contribution in [3.05, 3.63) is 29.6 Å². The Morgan fingerprint density at radius 3 is 2.79 bits per heavy atom. The van der Waals surface area contributed by atoms with Crippen LogP contribution in [0.2, 0.25) is 0 Å². The summed E-state index contributed by atoms with van der Waals surface area (Å²) in [7, 11) is 1.46. The highest BCUT2D eigenvalue weighted by Gasteiger charge is 2.74. The number of amides is 4. The van der Waals surface area contributed by atoms with E-state index in [1.807, 2.05) is 0 Å². The van der Waals surface area contributed by atoms with Gasteiger partial charge in [-0.3, -0.25) is 24.1 Å². The van der Waals surface area contributed by atoms with Gasteiger partial charge in [0.25, 0.3) is 5.91 Å². The van der Waals surface area contributed by atoms with Gasteiger partial charge in [0.05, 0.1) is 18.8 Å². The number of imide groups is 1. The van der Waals surface area contributed by atoms with Crippen LogP contribution >= 0.6 is 0 Å². The monoisotopic (exact) mass is 405 g/mol. The number of likely N-dealkylation sites (tertiary alicyclic amines) is 1. The second kappa shape index (κ2) is 6.89. The van der Waals surface area contributed by atoms with E-state index < -0.39 is 52.9 Å². The lowest BCUT2D eigenvalue weighted by molar-refractivity contribution is -0.734. The average molecular weight is 405 g/mol. The van der Waals surface area contributed by atoms with E-state index >= 15 is 0 Å². The number of benzene rings is 1. The van der Waals surface area contributed by atoms with Crippen LogP contribution in [0.4, 0.5) is 10.1 Å². The minimum Gasteiger partial charge on any atom is -0.383 e. The molecule has 5 N–H and O–H groups in total. The highest BCUT2D eigenvalue weighted by Crippen LogP contribution is 2.49. The molecule has 3 aliphatic heterocycles. The minimum atomic E-state index is -1.46. The Hall–Kier alpha value is -2.85. The molecule has 4 atom stereocenters. The van der Waals surface area contributed by atoms with Crippen molar-refractivity contribution >= 4 is 29.3 Å². The molecular formula is C19H22FN4O5+. The van der Waals surface area contributed by atoms with E-state index in [4.69, 9.17) is 10.5 Å². The number of nitrogens with one attached hydrogen (secondary N) is 1. The minimum absolute atomic E-state index is 0.0115. The lowest BCUT2D eigenvalue weighted by Gasteiger charge is -2.26. The number of anilines is 1. The highest BCUT2D eigenvalue weighted by atomic mass is 19.1. The number of methoxy groups -OCH3 is 1. The Morgan fingerprint density at radius 2 is 2.10 bits per heavy atom. The number of fused-ring (bicyclic) bond motifs is 4. The second-order valence-corrected chi connectivity index (χ2v) is 7.67. The molecular weight excluding hydrogens is 383 g/mol. The van der Waals surface area contributed by atoms with E-state index in [2.05, 4.69) is 5.32 Å². The molecule has 1 spiro atoms. The van der Waals surface area contributed by atoms with Crippen LogP contribution in [0.1, 0.15) is 18.4 Å². The van der Waals surface area contributed by atoms with E-state index in [-0.39, 0.29) is 26.0 Å². The first kappa shape index (κ1) is 19.5. The number of nitrogens with zero attached hydrogens (tertiary/aromatic N) is 1. The molecule has 4 amide bonds. The molecule has 0 aromatic heterocycles. The maximum absolute atomic E-state index is 14.0. The van der Waals surface area contributed by atoms with E-state index in [1.165, 1.54) is 25.3 Å². The van der Waals surface area contributed by atoms with Crippen molar-refractivity contribution in [1.29, 1.82) is 0 Å². The second-order valence-electron chi connectivity index (χ2n) is 7.67. The topological polar surface area (TPSA) is 135 Å². The molecule has 1 aromatic carbocycles. The first-order chi connectivity index (χ1) is 13.8. The third-order valence-electron chi connectivity index (χ3n) is 6.17. The average Bonchev–Trinajstić information content (AvgIpc) is 3.24. The fourth-order valence-corrected chi connectivity index (χ4v) is 4.97. The maximum atomic E-state index is 14.0. The van der Waals surface area contributed by atoms with Crippen LogP contribution in [-0.2, 0) is 29.5 Å². The summed E-state index contributed by atoms with van der Waals surface area (Å²) in [5.41, 5.74) is 4.57. The lowest BCUT2D eigenvalue weighted by Crippen LogP contribution is -2.99. The Morgan fingerprint density at radius 1 is 1.34 bits per heavy atom. The van der Waals surface area contributed by atoms with Gasteiger partial charge in [-0.15, -0.1) is 0 Å². The Balaban J connectivity index is 1.81. The molecule has 1 aromatic rings. The van der Waals surface area contributed by atoms with Gasteiger partial charge in [0, 0.05) is 25.5 Å². The summed E-state index contributed by atoms with van der Waals surface area (Å²) in [5.74, 6) is -4.24.